The second-order valence-electron chi connectivity index (χ2n) is 18.0. The lowest BCUT2D eigenvalue weighted by molar-refractivity contribution is -0.170. The number of nitrogens with two attached hydrogens (primary N) is 1. The van der Waals surface area contributed by atoms with Crippen LogP contribution in [0.25, 0.3) is 33.2 Å². The van der Waals surface area contributed by atoms with E-state index in [1.165, 1.54) is 24.0 Å². The van der Waals surface area contributed by atoms with Gasteiger partial charge >= 0.3 is 0 Å². The fraction of sp³-hybridized carbons (Fsp3) is 0.426. The third kappa shape index (κ3) is 6.19. The molecule has 4 N–H and O–H groups in total. The average Bonchev–Trinajstić information content (AvgIpc) is 3.33. The van der Waals surface area contributed by atoms with E-state index in [4.69, 9.17) is 20.7 Å². The van der Waals surface area contributed by atoms with Gasteiger partial charge in [0.25, 0.3) is 0 Å². The molecule has 0 spiro atoms. The Kier molecular flexibility index (Phi) is 9.05. The van der Waals surface area contributed by atoms with Gasteiger partial charge in [0.15, 0.2) is 5.82 Å². The van der Waals surface area contributed by atoms with Crippen molar-refractivity contribution in [1.29, 1.82) is 0 Å². The number of benzene rings is 2. The molecule has 2 saturated carbocycles. The molecule has 7 fully saturated rings. The van der Waals surface area contributed by atoms with E-state index in [0.717, 1.165) is 98.3 Å². The van der Waals surface area contributed by atoms with E-state index >= 15 is 0 Å². The first-order valence-corrected chi connectivity index (χ1v) is 21.7. The number of pyridine rings is 1. The smallest absolute Gasteiger partial charge is 0.249 e. The Labute approximate surface area is 348 Å². The molecule has 7 aliphatic rings. The van der Waals surface area contributed by atoms with E-state index in [1.54, 1.807) is 12.1 Å². The summed E-state index contributed by atoms with van der Waals surface area (Å²) in [6.07, 6.45) is 14.4. The number of aromatic nitrogens is 6. The highest BCUT2D eigenvalue weighted by atomic mass is 16.3. The van der Waals surface area contributed by atoms with Gasteiger partial charge in [-0.2, -0.15) is 0 Å². The van der Waals surface area contributed by atoms with Crippen molar-refractivity contribution >= 4 is 45.3 Å². The van der Waals surface area contributed by atoms with Crippen molar-refractivity contribution in [3.63, 3.8) is 0 Å². The summed E-state index contributed by atoms with van der Waals surface area (Å²) in [5, 5.41) is 23.8. The Hall–Kier alpha value is -5.95. The number of para-hydroxylation sites is 2. The SMILES string of the molecule is Nc1nnc(-c2ccccc2O)cc1N1CC2CC3(Cc4ncc(C5CCN(CCCc6ccnc7c6c6ccccc6n7C6CCC(=O)NC6=O)CC5)cn4)C(CC23)C1. The minimum Gasteiger partial charge on any atom is -0.507 e. The molecule has 5 unspecified atom stereocenters. The van der Waals surface area contributed by atoms with E-state index < -0.39 is 6.04 Å². The molecule has 2 amide bonds. The van der Waals surface area contributed by atoms with Crippen LogP contribution in [-0.2, 0) is 22.4 Å². The highest BCUT2D eigenvalue weighted by Gasteiger charge is 2.67. The van der Waals surface area contributed by atoms with Crippen molar-refractivity contribution in [2.24, 2.45) is 23.2 Å². The molecule has 4 aromatic heterocycles. The fourth-order valence-corrected chi connectivity index (χ4v) is 11.8. The number of aromatic hydroxyl groups is 1. The van der Waals surface area contributed by atoms with E-state index in [2.05, 4.69) is 55.9 Å². The van der Waals surface area contributed by atoms with Crippen LogP contribution in [0.1, 0.15) is 73.9 Å². The zero-order chi connectivity index (χ0) is 40.5. The molecular weight excluding hydrogens is 753 g/mol. The number of imide groups is 1. The highest BCUT2D eigenvalue weighted by Crippen LogP contribution is 2.70. The maximum Gasteiger partial charge on any atom is 0.249 e. The van der Waals surface area contributed by atoms with E-state index in [1.807, 2.05) is 41.1 Å². The van der Waals surface area contributed by atoms with Crippen LogP contribution in [0.2, 0.25) is 0 Å². The summed E-state index contributed by atoms with van der Waals surface area (Å²) in [6, 6.07) is 19.1. The maximum atomic E-state index is 13.0. The Morgan fingerprint density at radius 1 is 0.933 bits per heavy atom. The molecule has 306 valence electrons. The third-order valence-electron chi connectivity index (χ3n) is 14.9. The monoisotopic (exact) mass is 802 g/mol. The van der Waals surface area contributed by atoms with Crippen molar-refractivity contribution < 1.29 is 14.7 Å². The molecule has 13 rings (SSSR count). The van der Waals surface area contributed by atoms with E-state index in [9.17, 15) is 14.7 Å². The summed E-state index contributed by atoms with van der Waals surface area (Å²) in [5.41, 5.74) is 13.2. The fourth-order valence-electron chi connectivity index (χ4n) is 11.8. The van der Waals surface area contributed by atoms with Gasteiger partial charge in [0.05, 0.1) is 16.9 Å². The number of piperidine rings is 2. The Morgan fingerprint density at radius 3 is 2.57 bits per heavy atom. The number of phenols is 1. The predicted molar refractivity (Wildman–Crippen MR) is 229 cm³/mol. The van der Waals surface area contributed by atoms with Crippen molar-refractivity contribution in [3.8, 4) is 17.0 Å². The number of amides is 2. The number of phenolic OH excluding ortho intramolecular Hbond substituents is 1. The highest BCUT2D eigenvalue weighted by molar-refractivity contribution is 6.10. The summed E-state index contributed by atoms with van der Waals surface area (Å²) in [5.74, 6) is 3.46. The van der Waals surface area contributed by atoms with Crippen LogP contribution in [0, 0.1) is 23.2 Å². The molecule has 4 bridgehead atoms. The van der Waals surface area contributed by atoms with Gasteiger partial charge in [0.2, 0.25) is 11.8 Å². The molecule has 5 aliphatic heterocycles. The molecule has 2 aliphatic carbocycles. The second-order valence-corrected chi connectivity index (χ2v) is 18.0. The lowest BCUT2D eigenvalue weighted by Crippen LogP contribution is -2.62. The number of rotatable bonds is 10. The van der Waals surface area contributed by atoms with Gasteiger partial charge < -0.3 is 25.2 Å². The zero-order valence-electron chi connectivity index (χ0n) is 33.7. The van der Waals surface area contributed by atoms with Crippen molar-refractivity contribution in [2.75, 3.05) is 43.4 Å². The molecule has 9 heterocycles. The first-order valence-electron chi connectivity index (χ1n) is 21.7. The number of aryl methyl sites for hydroxylation is 1. The number of nitrogen functional groups attached to an aromatic ring is 1. The Morgan fingerprint density at radius 2 is 1.75 bits per heavy atom. The number of likely N-dealkylation sites (tertiary alicyclic amines) is 1. The molecule has 5 atom stereocenters. The van der Waals surface area contributed by atoms with Crippen molar-refractivity contribution in [3.05, 3.63) is 96.2 Å². The molecule has 2 aromatic carbocycles. The summed E-state index contributed by atoms with van der Waals surface area (Å²) in [4.78, 5) is 44.6. The molecule has 5 saturated heterocycles. The summed E-state index contributed by atoms with van der Waals surface area (Å²) in [6.45, 7) is 5.04. The van der Waals surface area contributed by atoms with Crippen LogP contribution in [0.4, 0.5) is 11.5 Å². The van der Waals surface area contributed by atoms with Crippen LogP contribution in [-0.4, -0.2) is 84.3 Å². The number of hydrogen-bond donors (Lipinski definition) is 3. The van der Waals surface area contributed by atoms with Gasteiger partial charge in [-0.1, -0.05) is 30.3 Å². The summed E-state index contributed by atoms with van der Waals surface area (Å²) in [7, 11) is 0. The first-order chi connectivity index (χ1) is 29.3. The number of fused-ring (bicyclic) bond motifs is 3. The van der Waals surface area contributed by atoms with Crippen LogP contribution in [0.3, 0.4) is 0 Å². The molecule has 13 heteroatoms. The normalized spacial score (nSPS) is 25.5. The number of nitrogens with zero attached hydrogens (tertiary/aromatic N) is 8. The largest absolute Gasteiger partial charge is 0.507 e. The Bertz CT molecular complexity index is 2640. The topological polar surface area (TPSA) is 168 Å². The van der Waals surface area contributed by atoms with Gasteiger partial charge in [-0.3, -0.25) is 14.9 Å². The standard InChI is InChI=1S/C47H50N10O3/c48-44-39(21-36(53-54-44)33-7-2-4-10-40(33)58)56-26-30-22-47(32(27-56)20-35(30)47)23-41-50-24-31(25-51-41)28-14-18-55(19-15-28)17-5-6-29-13-16-49-45-43(29)34-8-1-3-9-37(34)57(45)38-11-12-42(59)52-46(38)60/h1-4,7-10,13,16,21,24-25,28,30,32,35,38,58H,5-6,11-12,14-15,17-20,22-23,26-27H2,(H2,48,54)(H,52,59,60). The van der Waals surface area contributed by atoms with Crippen LogP contribution in [0.15, 0.2) is 79.3 Å². The zero-order valence-corrected chi connectivity index (χ0v) is 33.7. The van der Waals surface area contributed by atoms with Gasteiger partial charge in [-0.05, 0) is 135 Å². The van der Waals surface area contributed by atoms with Gasteiger partial charge in [-0.25, -0.2) is 15.0 Å². The van der Waals surface area contributed by atoms with Crippen LogP contribution >= 0.6 is 0 Å². The number of anilines is 2. The van der Waals surface area contributed by atoms with Crippen molar-refractivity contribution in [1.82, 2.24) is 39.9 Å². The van der Waals surface area contributed by atoms with Gasteiger partial charge in [0, 0.05) is 60.9 Å². The number of hydrogen-bond acceptors (Lipinski definition) is 11. The van der Waals surface area contributed by atoms with Crippen LogP contribution in [0.5, 0.6) is 5.75 Å². The number of nitrogens with one attached hydrogen (secondary N) is 1. The van der Waals surface area contributed by atoms with Gasteiger partial charge in [0.1, 0.15) is 23.3 Å². The minimum atomic E-state index is -0.453. The van der Waals surface area contributed by atoms with Crippen LogP contribution < -0.4 is 16.0 Å². The number of carbonyl (C=O) groups is 2. The minimum absolute atomic E-state index is 0.186. The molecule has 0 radical (unpaired) electrons. The summed E-state index contributed by atoms with van der Waals surface area (Å²) < 4.78 is 2.04. The quantitative estimate of drug-likeness (QED) is 0.135. The third-order valence-corrected chi connectivity index (χ3v) is 14.9. The molecule has 60 heavy (non-hydrogen) atoms. The Balaban J connectivity index is 0.702. The molecular formula is C47H50N10O3. The lowest BCUT2D eigenvalue weighted by atomic mass is 9.38. The maximum absolute atomic E-state index is 13.0. The number of carbonyl (C=O) groups excluding carboxylic acids is 2. The average molecular weight is 803 g/mol. The summed E-state index contributed by atoms with van der Waals surface area (Å²) >= 11 is 0. The predicted octanol–water partition coefficient (Wildman–Crippen LogP) is 6.22. The van der Waals surface area contributed by atoms with Gasteiger partial charge in [-0.15, -0.1) is 10.2 Å². The lowest BCUT2D eigenvalue weighted by Gasteiger charge is -2.66. The molecule has 6 aromatic rings. The van der Waals surface area contributed by atoms with Crippen molar-refractivity contribution in [2.45, 2.75) is 69.7 Å². The van der Waals surface area contributed by atoms with E-state index in [-0.39, 0.29) is 23.0 Å². The second kappa shape index (κ2) is 14.6. The molecule has 13 nitrogen and oxygen atoms in total. The van der Waals surface area contributed by atoms with E-state index in [0.29, 0.717) is 53.6 Å². The first kappa shape index (κ1) is 37.1.